The second-order valence-corrected chi connectivity index (χ2v) is 4.92. The SMILES string of the molecule is CNCC(C)C(=O)N1CCc2ccc(O)cc2C1. The molecule has 1 atom stereocenters. The molecule has 1 aromatic rings. The summed E-state index contributed by atoms with van der Waals surface area (Å²) in [6, 6.07) is 5.42. The van der Waals surface area contributed by atoms with E-state index in [2.05, 4.69) is 5.32 Å². The lowest BCUT2D eigenvalue weighted by Crippen LogP contribution is -2.41. The standard InChI is InChI=1S/C14H20N2O2/c1-10(8-15-2)14(18)16-6-5-11-3-4-13(17)7-12(11)9-16/h3-4,7,10,15,17H,5-6,8-9H2,1-2H3. The summed E-state index contributed by atoms with van der Waals surface area (Å²) in [6.45, 7) is 4.01. The molecule has 0 aromatic heterocycles. The van der Waals surface area contributed by atoms with E-state index >= 15 is 0 Å². The van der Waals surface area contributed by atoms with Crippen LogP contribution in [0, 0.1) is 5.92 Å². The van der Waals surface area contributed by atoms with Crippen LogP contribution in [0.1, 0.15) is 18.1 Å². The lowest BCUT2D eigenvalue weighted by Gasteiger charge is -2.31. The molecule has 1 unspecified atom stereocenters. The van der Waals surface area contributed by atoms with Gasteiger partial charge in [0.1, 0.15) is 5.75 Å². The first-order chi connectivity index (χ1) is 8.61. The Bertz CT molecular complexity index is 445. The first kappa shape index (κ1) is 12.9. The van der Waals surface area contributed by atoms with Gasteiger partial charge in [-0.05, 0) is 36.7 Å². The number of rotatable bonds is 3. The highest BCUT2D eigenvalue weighted by Gasteiger charge is 2.24. The zero-order valence-electron chi connectivity index (χ0n) is 10.9. The molecule has 2 N–H and O–H groups in total. The van der Waals surface area contributed by atoms with Gasteiger partial charge in [-0.15, -0.1) is 0 Å². The van der Waals surface area contributed by atoms with Crippen molar-refractivity contribution in [3.05, 3.63) is 29.3 Å². The van der Waals surface area contributed by atoms with Crippen LogP contribution in [0.15, 0.2) is 18.2 Å². The van der Waals surface area contributed by atoms with Crippen molar-refractivity contribution >= 4 is 5.91 Å². The number of hydrogen-bond acceptors (Lipinski definition) is 3. The van der Waals surface area contributed by atoms with Gasteiger partial charge in [-0.1, -0.05) is 13.0 Å². The normalized spacial score (nSPS) is 16.2. The Morgan fingerprint density at radius 1 is 1.50 bits per heavy atom. The Morgan fingerprint density at radius 3 is 3.00 bits per heavy atom. The maximum atomic E-state index is 12.2. The van der Waals surface area contributed by atoms with Gasteiger partial charge >= 0.3 is 0 Å². The van der Waals surface area contributed by atoms with Crippen molar-refractivity contribution in [2.75, 3.05) is 20.1 Å². The third kappa shape index (κ3) is 2.64. The largest absolute Gasteiger partial charge is 0.508 e. The van der Waals surface area contributed by atoms with Crippen LogP contribution in [0.5, 0.6) is 5.75 Å². The molecule has 0 radical (unpaired) electrons. The summed E-state index contributed by atoms with van der Waals surface area (Å²) in [6.07, 6.45) is 0.869. The Kier molecular flexibility index (Phi) is 3.87. The van der Waals surface area contributed by atoms with Gasteiger partial charge < -0.3 is 15.3 Å². The fourth-order valence-electron chi connectivity index (χ4n) is 2.44. The van der Waals surface area contributed by atoms with E-state index in [1.54, 1.807) is 12.1 Å². The number of phenolic OH excluding ortho intramolecular Hbond substituents is 1. The molecule has 2 rings (SSSR count). The summed E-state index contributed by atoms with van der Waals surface area (Å²) in [5.74, 6) is 0.443. The predicted molar refractivity (Wildman–Crippen MR) is 70.3 cm³/mol. The number of nitrogens with one attached hydrogen (secondary N) is 1. The van der Waals surface area contributed by atoms with Gasteiger partial charge in [0, 0.05) is 25.6 Å². The minimum absolute atomic E-state index is 0.00569. The third-order valence-corrected chi connectivity index (χ3v) is 3.45. The third-order valence-electron chi connectivity index (χ3n) is 3.45. The molecule has 98 valence electrons. The lowest BCUT2D eigenvalue weighted by molar-refractivity contribution is -0.135. The number of hydrogen-bond donors (Lipinski definition) is 2. The summed E-state index contributed by atoms with van der Waals surface area (Å²) in [5, 5.41) is 12.5. The molecule has 0 saturated heterocycles. The Balaban J connectivity index is 2.09. The number of aromatic hydroxyl groups is 1. The van der Waals surface area contributed by atoms with E-state index in [0.29, 0.717) is 13.1 Å². The molecule has 1 amide bonds. The molecule has 0 spiro atoms. The van der Waals surface area contributed by atoms with Crippen molar-refractivity contribution in [1.29, 1.82) is 0 Å². The van der Waals surface area contributed by atoms with Crippen molar-refractivity contribution in [2.45, 2.75) is 19.9 Å². The van der Waals surface area contributed by atoms with Crippen molar-refractivity contribution in [3.8, 4) is 5.75 Å². The van der Waals surface area contributed by atoms with Crippen molar-refractivity contribution in [2.24, 2.45) is 5.92 Å². The van der Waals surface area contributed by atoms with Crippen molar-refractivity contribution < 1.29 is 9.90 Å². The molecule has 0 bridgehead atoms. The number of phenols is 1. The van der Waals surface area contributed by atoms with E-state index in [1.807, 2.05) is 24.9 Å². The monoisotopic (exact) mass is 248 g/mol. The summed E-state index contributed by atoms with van der Waals surface area (Å²) in [7, 11) is 1.85. The zero-order valence-corrected chi connectivity index (χ0v) is 10.9. The first-order valence-corrected chi connectivity index (χ1v) is 6.36. The summed E-state index contributed by atoms with van der Waals surface area (Å²) in [4.78, 5) is 14.1. The summed E-state index contributed by atoms with van der Waals surface area (Å²) < 4.78 is 0. The second kappa shape index (κ2) is 5.40. The van der Waals surface area contributed by atoms with E-state index in [0.717, 1.165) is 18.5 Å². The average Bonchev–Trinajstić information content (AvgIpc) is 2.37. The fraction of sp³-hybridized carbons (Fsp3) is 0.500. The van der Waals surface area contributed by atoms with Crippen LogP contribution in [0.25, 0.3) is 0 Å². The average molecular weight is 248 g/mol. The van der Waals surface area contributed by atoms with Gasteiger partial charge in [-0.3, -0.25) is 4.79 Å². The van der Waals surface area contributed by atoms with Gasteiger partial charge in [0.2, 0.25) is 5.91 Å². The molecule has 1 aliphatic rings. The van der Waals surface area contributed by atoms with Crippen LogP contribution in [-0.4, -0.2) is 36.1 Å². The minimum atomic E-state index is -0.00569. The molecule has 0 fully saturated rings. The maximum absolute atomic E-state index is 12.2. The second-order valence-electron chi connectivity index (χ2n) is 4.92. The van der Waals surface area contributed by atoms with Crippen LogP contribution in [-0.2, 0) is 17.8 Å². The van der Waals surface area contributed by atoms with E-state index in [4.69, 9.17) is 0 Å². The number of carbonyl (C=O) groups excluding carboxylic acids is 1. The molecule has 4 heteroatoms. The molecule has 1 aromatic carbocycles. The van der Waals surface area contributed by atoms with Gasteiger partial charge in [-0.25, -0.2) is 0 Å². The van der Waals surface area contributed by atoms with Crippen LogP contribution in [0.2, 0.25) is 0 Å². The smallest absolute Gasteiger partial charge is 0.226 e. The fourth-order valence-corrected chi connectivity index (χ4v) is 2.44. The highest BCUT2D eigenvalue weighted by atomic mass is 16.3. The number of carbonyl (C=O) groups is 1. The number of amides is 1. The molecule has 1 heterocycles. The molecular weight excluding hydrogens is 228 g/mol. The predicted octanol–water partition coefficient (Wildman–Crippen LogP) is 1.13. The lowest BCUT2D eigenvalue weighted by atomic mass is 9.98. The van der Waals surface area contributed by atoms with Crippen LogP contribution in [0.4, 0.5) is 0 Å². The minimum Gasteiger partial charge on any atom is -0.508 e. The molecule has 18 heavy (non-hydrogen) atoms. The van der Waals surface area contributed by atoms with Gasteiger partial charge in [0.25, 0.3) is 0 Å². The van der Waals surface area contributed by atoms with Crippen molar-refractivity contribution in [3.63, 3.8) is 0 Å². The van der Waals surface area contributed by atoms with E-state index in [9.17, 15) is 9.90 Å². The van der Waals surface area contributed by atoms with Gasteiger partial charge in [0.15, 0.2) is 0 Å². The van der Waals surface area contributed by atoms with E-state index in [-0.39, 0.29) is 17.6 Å². The van der Waals surface area contributed by atoms with Crippen LogP contribution < -0.4 is 5.32 Å². The van der Waals surface area contributed by atoms with Crippen LogP contribution >= 0.6 is 0 Å². The molecular formula is C14H20N2O2. The molecule has 4 nitrogen and oxygen atoms in total. The Morgan fingerprint density at radius 2 is 2.28 bits per heavy atom. The Labute approximate surface area is 108 Å². The topological polar surface area (TPSA) is 52.6 Å². The van der Waals surface area contributed by atoms with Gasteiger partial charge in [0.05, 0.1) is 0 Å². The van der Waals surface area contributed by atoms with E-state index < -0.39 is 0 Å². The maximum Gasteiger partial charge on any atom is 0.226 e. The number of nitrogens with zero attached hydrogens (tertiary/aromatic N) is 1. The van der Waals surface area contributed by atoms with Gasteiger partial charge in [-0.2, -0.15) is 0 Å². The number of fused-ring (bicyclic) bond motifs is 1. The highest BCUT2D eigenvalue weighted by Crippen LogP contribution is 2.23. The summed E-state index contributed by atoms with van der Waals surface area (Å²) >= 11 is 0. The Hall–Kier alpha value is -1.55. The van der Waals surface area contributed by atoms with Crippen LogP contribution in [0.3, 0.4) is 0 Å². The molecule has 0 saturated carbocycles. The first-order valence-electron chi connectivity index (χ1n) is 6.36. The zero-order chi connectivity index (χ0) is 13.1. The number of benzene rings is 1. The van der Waals surface area contributed by atoms with E-state index in [1.165, 1.54) is 5.56 Å². The highest BCUT2D eigenvalue weighted by molar-refractivity contribution is 5.79. The molecule has 0 aliphatic carbocycles. The summed E-state index contributed by atoms with van der Waals surface area (Å²) in [5.41, 5.74) is 2.30. The quantitative estimate of drug-likeness (QED) is 0.843. The molecule has 1 aliphatic heterocycles. The van der Waals surface area contributed by atoms with Crippen molar-refractivity contribution in [1.82, 2.24) is 10.2 Å².